The molecule has 12 heavy (non-hydrogen) atoms. The van der Waals surface area contributed by atoms with Crippen LogP contribution in [0.4, 0.5) is 0 Å². The van der Waals surface area contributed by atoms with E-state index in [1.807, 2.05) is 25.8 Å². The molecule has 0 heterocycles. The first-order valence-electron chi connectivity index (χ1n) is 5.26. The van der Waals surface area contributed by atoms with E-state index in [-0.39, 0.29) is 0 Å². The van der Waals surface area contributed by atoms with E-state index in [0.29, 0.717) is 0 Å². The zero-order chi connectivity index (χ0) is 9.66. The molecule has 0 aliphatic carbocycles. The highest BCUT2D eigenvalue weighted by molar-refractivity contribution is 7.97. The lowest BCUT2D eigenvalue weighted by atomic mass is 10.2. The molecule has 0 saturated heterocycles. The molecule has 1 N–H and O–H groups in total. The van der Waals surface area contributed by atoms with E-state index >= 15 is 0 Å². The second-order valence-corrected chi connectivity index (χ2v) is 3.39. The van der Waals surface area contributed by atoms with Crippen LogP contribution in [0, 0.1) is 0 Å². The Balaban J connectivity index is 0. The molecule has 0 amide bonds. The second kappa shape index (κ2) is 17.4. The Morgan fingerprint density at radius 1 is 1.00 bits per heavy atom. The maximum absolute atomic E-state index is 3.24. The first-order chi connectivity index (χ1) is 5.91. The third kappa shape index (κ3) is 16.7. The molecule has 76 valence electrons. The Bertz CT molecular complexity index is 49.8. The summed E-state index contributed by atoms with van der Waals surface area (Å²) in [6, 6.07) is 0. The fourth-order valence-electron chi connectivity index (χ4n) is 0.775. The number of hydrogen-bond donors (Lipinski definition) is 1. The number of nitrogens with one attached hydrogen (secondary N) is 1. The van der Waals surface area contributed by atoms with Crippen molar-refractivity contribution in [2.45, 2.75) is 53.4 Å². The first-order valence-corrected chi connectivity index (χ1v) is 6.25. The molecular weight excluding hydrogens is 166 g/mol. The highest BCUT2D eigenvalue weighted by atomic mass is 32.2. The minimum Gasteiger partial charge on any atom is -0.264 e. The van der Waals surface area contributed by atoms with Gasteiger partial charge >= 0.3 is 0 Å². The molecule has 0 radical (unpaired) electrons. The minimum atomic E-state index is 1.08. The zero-order valence-electron chi connectivity index (χ0n) is 9.15. The minimum absolute atomic E-state index is 1.08. The number of hydrogen-bond acceptors (Lipinski definition) is 2. The molecular formula is C10H25NS. The van der Waals surface area contributed by atoms with Gasteiger partial charge in [0, 0.05) is 12.3 Å². The molecule has 0 aliphatic rings. The van der Waals surface area contributed by atoms with Crippen molar-refractivity contribution in [3.63, 3.8) is 0 Å². The molecule has 1 nitrogen and oxygen atoms in total. The molecule has 0 aromatic carbocycles. The Morgan fingerprint density at radius 3 is 2.17 bits per heavy atom. The van der Waals surface area contributed by atoms with Gasteiger partial charge in [-0.3, -0.25) is 4.72 Å². The van der Waals surface area contributed by atoms with Crippen LogP contribution in [-0.2, 0) is 0 Å². The lowest BCUT2D eigenvalue weighted by Crippen LogP contribution is -2.01. The third-order valence-electron chi connectivity index (χ3n) is 1.35. The Hall–Kier alpha value is 0.310. The van der Waals surface area contributed by atoms with Crippen LogP contribution in [0.5, 0.6) is 0 Å². The Kier molecular flexibility index (Phi) is 21.5. The second-order valence-electron chi connectivity index (χ2n) is 2.41. The summed E-state index contributed by atoms with van der Waals surface area (Å²) in [5.74, 6) is 1.27. The molecule has 0 fully saturated rings. The van der Waals surface area contributed by atoms with Gasteiger partial charge in [-0.2, -0.15) is 0 Å². The van der Waals surface area contributed by atoms with Crippen LogP contribution < -0.4 is 4.72 Å². The summed E-state index contributed by atoms with van der Waals surface area (Å²) in [6.07, 6.45) is 5.50. The van der Waals surface area contributed by atoms with Crippen LogP contribution in [0.1, 0.15) is 53.4 Å². The highest BCUT2D eigenvalue weighted by Gasteiger charge is 1.87. The maximum Gasteiger partial charge on any atom is 0.00786 e. The van der Waals surface area contributed by atoms with Gasteiger partial charge in [-0.05, 0) is 6.42 Å². The number of unbranched alkanes of at least 4 members (excludes halogenated alkanes) is 3. The van der Waals surface area contributed by atoms with Crippen molar-refractivity contribution < 1.29 is 0 Å². The molecule has 0 bridgehead atoms. The topological polar surface area (TPSA) is 12.0 Å². The SMILES string of the molecule is CC.CCCCCCSNCC. The van der Waals surface area contributed by atoms with E-state index in [4.69, 9.17) is 0 Å². The molecule has 0 rings (SSSR count). The Morgan fingerprint density at radius 2 is 1.67 bits per heavy atom. The lowest BCUT2D eigenvalue weighted by Gasteiger charge is -1.99. The molecule has 0 aromatic heterocycles. The third-order valence-corrected chi connectivity index (χ3v) is 2.33. The summed E-state index contributed by atoms with van der Waals surface area (Å²) in [5.41, 5.74) is 0. The summed E-state index contributed by atoms with van der Waals surface area (Å²) < 4.78 is 3.24. The molecule has 0 aliphatic heterocycles. The van der Waals surface area contributed by atoms with Gasteiger partial charge in [-0.1, -0.05) is 58.9 Å². The van der Waals surface area contributed by atoms with Crippen molar-refractivity contribution in [3.8, 4) is 0 Å². The Labute approximate surface area is 82.8 Å². The fraction of sp³-hybridized carbons (Fsp3) is 1.00. The van der Waals surface area contributed by atoms with Gasteiger partial charge < -0.3 is 0 Å². The summed E-state index contributed by atoms with van der Waals surface area (Å²) >= 11 is 1.85. The zero-order valence-corrected chi connectivity index (χ0v) is 9.97. The predicted octanol–water partition coefficient (Wildman–Crippen LogP) is 3.85. The standard InChI is InChI=1S/C8H19NS.C2H6/c1-3-5-6-7-8-10-9-4-2;1-2/h9H,3-8H2,1-2H3;1-2H3. The largest absolute Gasteiger partial charge is 0.264 e. The lowest BCUT2D eigenvalue weighted by molar-refractivity contribution is 0.706. The summed E-state index contributed by atoms with van der Waals surface area (Å²) in [6.45, 7) is 9.47. The van der Waals surface area contributed by atoms with E-state index in [2.05, 4.69) is 18.6 Å². The summed E-state index contributed by atoms with van der Waals surface area (Å²) in [7, 11) is 0. The van der Waals surface area contributed by atoms with Gasteiger partial charge in [-0.15, -0.1) is 0 Å². The smallest absolute Gasteiger partial charge is 0.00786 e. The molecule has 2 heteroatoms. The van der Waals surface area contributed by atoms with E-state index in [1.54, 1.807) is 0 Å². The van der Waals surface area contributed by atoms with Gasteiger partial charge in [-0.25, -0.2) is 0 Å². The average Bonchev–Trinajstić information content (AvgIpc) is 2.15. The van der Waals surface area contributed by atoms with Gasteiger partial charge in [0.05, 0.1) is 0 Å². The van der Waals surface area contributed by atoms with E-state index in [1.165, 1.54) is 31.4 Å². The molecule has 0 saturated carbocycles. The van der Waals surface area contributed by atoms with Crippen LogP contribution >= 0.6 is 11.9 Å². The van der Waals surface area contributed by atoms with Crippen LogP contribution in [0.15, 0.2) is 0 Å². The highest BCUT2D eigenvalue weighted by Crippen LogP contribution is 2.03. The van der Waals surface area contributed by atoms with Crippen molar-refractivity contribution in [3.05, 3.63) is 0 Å². The van der Waals surface area contributed by atoms with Crippen LogP contribution in [-0.4, -0.2) is 12.3 Å². The fourth-order valence-corrected chi connectivity index (χ4v) is 1.47. The monoisotopic (exact) mass is 191 g/mol. The van der Waals surface area contributed by atoms with Crippen molar-refractivity contribution >= 4 is 11.9 Å². The van der Waals surface area contributed by atoms with Gasteiger partial charge in [0.1, 0.15) is 0 Å². The van der Waals surface area contributed by atoms with Crippen molar-refractivity contribution in [2.75, 3.05) is 12.3 Å². The summed E-state index contributed by atoms with van der Waals surface area (Å²) in [5, 5.41) is 0. The molecule has 0 unspecified atom stereocenters. The van der Waals surface area contributed by atoms with E-state index in [9.17, 15) is 0 Å². The van der Waals surface area contributed by atoms with Crippen molar-refractivity contribution in [1.82, 2.24) is 4.72 Å². The van der Waals surface area contributed by atoms with Crippen LogP contribution in [0.3, 0.4) is 0 Å². The molecule has 0 spiro atoms. The van der Waals surface area contributed by atoms with E-state index in [0.717, 1.165) is 6.54 Å². The van der Waals surface area contributed by atoms with Crippen molar-refractivity contribution in [1.29, 1.82) is 0 Å². The van der Waals surface area contributed by atoms with E-state index < -0.39 is 0 Å². The normalized spacial score (nSPS) is 9.00. The van der Waals surface area contributed by atoms with Gasteiger partial charge in [0.15, 0.2) is 0 Å². The first kappa shape index (κ1) is 14.8. The van der Waals surface area contributed by atoms with Gasteiger partial charge in [0.25, 0.3) is 0 Å². The quantitative estimate of drug-likeness (QED) is 0.484. The van der Waals surface area contributed by atoms with Crippen LogP contribution in [0.25, 0.3) is 0 Å². The molecule has 0 atom stereocenters. The van der Waals surface area contributed by atoms with Crippen molar-refractivity contribution in [2.24, 2.45) is 0 Å². The number of rotatable bonds is 7. The predicted molar refractivity (Wildman–Crippen MR) is 61.6 cm³/mol. The van der Waals surface area contributed by atoms with Gasteiger partial charge in [0.2, 0.25) is 0 Å². The van der Waals surface area contributed by atoms with Crippen LogP contribution in [0.2, 0.25) is 0 Å². The summed E-state index contributed by atoms with van der Waals surface area (Å²) in [4.78, 5) is 0. The molecule has 0 aromatic rings. The average molecular weight is 191 g/mol. The maximum atomic E-state index is 3.24.